The number of nitrogens with one attached hydrogen (secondary N) is 1. The van der Waals surface area contributed by atoms with Crippen molar-refractivity contribution in [3.05, 3.63) is 17.8 Å². The molecule has 0 atom stereocenters. The molecule has 1 heterocycles. The molecule has 1 aromatic heterocycles. The Bertz CT molecular complexity index is 253. The summed E-state index contributed by atoms with van der Waals surface area (Å²) < 4.78 is 5.31. The van der Waals surface area contributed by atoms with Crippen LogP contribution in [0.4, 0.5) is 0 Å². The maximum atomic E-state index is 5.31. The number of hydrogen-bond donors (Lipinski definition) is 1. The standard InChI is InChI=1S/C9H14N2O/c1-7-4-11-9(12-7)6-10-5-8-2-3-8/h4,8,10H,2-3,5-6H2,1H3. The van der Waals surface area contributed by atoms with Gasteiger partial charge in [0.05, 0.1) is 12.7 Å². The summed E-state index contributed by atoms with van der Waals surface area (Å²) in [4.78, 5) is 4.10. The summed E-state index contributed by atoms with van der Waals surface area (Å²) >= 11 is 0. The van der Waals surface area contributed by atoms with E-state index in [0.717, 1.165) is 30.7 Å². The zero-order valence-electron chi connectivity index (χ0n) is 7.34. The maximum absolute atomic E-state index is 5.31. The summed E-state index contributed by atoms with van der Waals surface area (Å²) in [5.74, 6) is 2.60. The van der Waals surface area contributed by atoms with E-state index in [2.05, 4.69) is 10.3 Å². The first kappa shape index (κ1) is 7.80. The van der Waals surface area contributed by atoms with E-state index in [9.17, 15) is 0 Å². The lowest BCUT2D eigenvalue weighted by atomic mass is 10.4. The molecule has 1 saturated carbocycles. The van der Waals surface area contributed by atoms with Crippen molar-refractivity contribution in [2.24, 2.45) is 5.92 Å². The average Bonchev–Trinajstić information content (AvgIpc) is 2.76. The number of hydrogen-bond acceptors (Lipinski definition) is 3. The maximum Gasteiger partial charge on any atom is 0.208 e. The van der Waals surface area contributed by atoms with Crippen molar-refractivity contribution in [2.45, 2.75) is 26.3 Å². The molecular weight excluding hydrogens is 152 g/mol. The van der Waals surface area contributed by atoms with E-state index in [0.29, 0.717) is 0 Å². The van der Waals surface area contributed by atoms with E-state index in [1.54, 1.807) is 6.20 Å². The van der Waals surface area contributed by atoms with Gasteiger partial charge in [-0.2, -0.15) is 0 Å². The lowest BCUT2D eigenvalue weighted by molar-refractivity contribution is 0.446. The number of aryl methyl sites for hydroxylation is 1. The van der Waals surface area contributed by atoms with Crippen molar-refractivity contribution in [3.8, 4) is 0 Å². The number of rotatable bonds is 4. The molecule has 0 spiro atoms. The Morgan fingerprint density at radius 3 is 3.08 bits per heavy atom. The molecule has 2 rings (SSSR count). The Morgan fingerprint density at radius 2 is 2.50 bits per heavy atom. The van der Waals surface area contributed by atoms with E-state index in [4.69, 9.17) is 4.42 Å². The molecule has 1 aliphatic carbocycles. The van der Waals surface area contributed by atoms with Crippen LogP contribution in [-0.4, -0.2) is 11.5 Å². The molecule has 1 aromatic rings. The third-order valence-electron chi connectivity index (χ3n) is 2.08. The van der Waals surface area contributed by atoms with Crippen molar-refractivity contribution in [2.75, 3.05) is 6.54 Å². The van der Waals surface area contributed by atoms with Crippen LogP contribution < -0.4 is 5.32 Å². The van der Waals surface area contributed by atoms with Gasteiger partial charge in [0, 0.05) is 0 Å². The number of aromatic nitrogens is 1. The van der Waals surface area contributed by atoms with Gasteiger partial charge in [0.25, 0.3) is 0 Å². The van der Waals surface area contributed by atoms with E-state index >= 15 is 0 Å². The van der Waals surface area contributed by atoms with Gasteiger partial charge < -0.3 is 9.73 Å². The summed E-state index contributed by atoms with van der Waals surface area (Å²) in [5, 5.41) is 3.32. The van der Waals surface area contributed by atoms with Gasteiger partial charge in [0.2, 0.25) is 5.89 Å². The minimum absolute atomic E-state index is 0.768. The van der Waals surface area contributed by atoms with E-state index in [-0.39, 0.29) is 0 Å². The molecule has 0 bridgehead atoms. The minimum Gasteiger partial charge on any atom is -0.445 e. The van der Waals surface area contributed by atoms with E-state index in [1.807, 2.05) is 6.92 Å². The molecule has 0 amide bonds. The summed E-state index contributed by atoms with van der Waals surface area (Å²) in [6.45, 7) is 3.79. The number of nitrogens with zero attached hydrogens (tertiary/aromatic N) is 1. The van der Waals surface area contributed by atoms with Crippen LogP contribution in [0.5, 0.6) is 0 Å². The highest BCUT2D eigenvalue weighted by Crippen LogP contribution is 2.27. The Labute approximate surface area is 72.2 Å². The SMILES string of the molecule is Cc1cnc(CNCC2CC2)o1. The molecule has 1 N–H and O–H groups in total. The molecule has 1 fully saturated rings. The average molecular weight is 166 g/mol. The highest BCUT2D eigenvalue weighted by atomic mass is 16.4. The van der Waals surface area contributed by atoms with Gasteiger partial charge in [-0.3, -0.25) is 0 Å². The van der Waals surface area contributed by atoms with E-state index < -0.39 is 0 Å². The van der Waals surface area contributed by atoms with Gasteiger partial charge in [0.1, 0.15) is 5.76 Å². The highest BCUT2D eigenvalue weighted by Gasteiger charge is 2.20. The zero-order valence-corrected chi connectivity index (χ0v) is 7.34. The van der Waals surface area contributed by atoms with E-state index in [1.165, 1.54) is 12.8 Å². The van der Waals surface area contributed by atoms with Gasteiger partial charge in [-0.15, -0.1) is 0 Å². The zero-order chi connectivity index (χ0) is 8.39. The van der Waals surface area contributed by atoms with Crippen LogP contribution in [-0.2, 0) is 6.54 Å². The molecule has 0 saturated heterocycles. The third kappa shape index (κ3) is 2.08. The Kier molecular flexibility index (Phi) is 2.13. The fourth-order valence-electron chi connectivity index (χ4n) is 1.19. The van der Waals surface area contributed by atoms with Crippen LogP contribution in [0.2, 0.25) is 0 Å². The molecule has 0 unspecified atom stereocenters. The van der Waals surface area contributed by atoms with Crippen LogP contribution in [0, 0.1) is 12.8 Å². The van der Waals surface area contributed by atoms with Crippen LogP contribution in [0.25, 0.3) is 0 Å². The van der Waals surface area contributed by atoms with Gasteiger partial charge in [-0.1, -0.05) is 0 Å². The Morgan fingerprint density at radius 1 is 1.67 bits per heavy atom. The van der Waals surface area contributed by atoms with Crippen molar-refractivity contribution in [1.82, 2.24) is 10.3 Å². The molecule has 0 aliphatic heterocycles. The smallest absolute Gasteiger partial charge is 0.208 e. The van der Waals surface area contributed by atoms with Crippen molar-refractivity contribution in [3.63, 3.8) is 0 Å². The van der Waals surface area contributed by atoms with Crippen LogP contribution >= 0.6 is 0 Å². The van der Waals surface area contributed by atoms with Gasteiger partial charge in [-0.05, 0) is 32.2 Å². The first-order valence-corrected chi connectivity index (χ1v) is 4.46. The number of oxazole rings is 1. The molecular formula is C9H14N2O. The summed E-state index contributed by atoms with van der Waals surface area (Å²) in [7, 11) is 0. The highest BCUT2D eigenvalue weighted by molar-refractivity contribution is 4.90. The Balaban J connectivity index is 1.71. The summed E-state index contributed by atoms with van der Waals surface area (Å²) in [6, 6.07) is 0. The van der Waals surface area contributed by atoms with Gasteiger partial charge in [-0.25, -0.2) is 4.98 Å². The second-order valence-electron chi connectivity index (χ2n) is 3.44. The normalized spacial score (nSPS) is 16.8. The van der Waals surface area contributed by atoms with Crippen LogP contribution in [0.3, 0.4) is 0 Å². The summed E-state index contributed by atoms with van der Waals surface area (Å²) in [6.07, 6.45) is 4.53. The van der Waals surface area contributed by atoms with Gasteiger partial charge in [0.15, 0.2) is 0 Å². The van der Waals surface area contributed by atoms with Crippen molar-refractivity contribution in [1.29, 1.82) is 0 Å². The lowest BCUT2D eigenvalue weighted by Gasteiger charge is -1.98. The minimum atomic E-state index is 0.768. The van der Waals surface area contributed by atoms with Crippen molar-refractivity contribution < 1.29 is 4.42 Å². The fourth-order valence-corrected chi connectivity index (χ4v) is 1.19. The predicted molar refractivity (Wildman–Crippen MR) is 45.7 cm³/mol. The third-order valence-corrected chi connectivity index (χ3v) is 2.08. The topological polar surface area (TPSA) is 38.1 Å². The molecule has 1 aliphatic rings. The fraction of sp³-hybridized carbons (Fsp3) is 0.667. The molecule has 12 heavy (non-hydrogen) atoms. The first-order valence-electron chi connectivity index (χ1n) is 4.46. The predicted octanol–water partition coefficient (Wildman–Crippen LogP) is 1.48. The van der Waals surface area contributed by atoms with Crippen LogP contribution in [0.1, 0.15) is 24.5 Å². The summed E-state index contributed by atoms with van der Waals surface area (Å²) in [5.41, 5.74) is 0. The lowest BCUT2D eigenvalue weighted by Crippen LogP contribution is -2.16. The van der Waals surface area contributed by atoms with Crippen LogP contribution in [0.15, 0.2) is 10.6 Å². The van der Waals surface area contributed by atoms with Crippen molar-refractivity contribution >= 4 is 0 Å². The Hall–Kier alpha value is -0.830. The van der Waals surface area contributed by atoms with Gasteiger partial charge >= 0.3 is 0 Å². The molecule has 66 valence electrons. The molecule has 3 heteroatoms. The first-order chi connectivity index (χ1) is 5.84. The monoisotopic (exact) mass is 166 g/mol. The second-order valence-corrected chi connectivity index (χ2v) is 3.44. The molecule has 3 nitrogen and oxygen atoms in total. The molecule has 0 aromatic carbocycles. The molecule has 0 radical (unpaired) electrons. The largest absolute Gasteiger partial charge is 0.445 e. The quantitative estimate of drug-likeness (QED) is 0.736. The second kappa shape index (κ2) is 3.27.